The molecule has 0 saturated heterocycles. The Morgan fingerprint density at radius 1 is 1.30 bits per heavy atom. The Kier molecular flexibility index (Phi) is 3.99. The van der Waals surface area contributed by atoms with Gasteiger partial charge in [-0.3, -0.25) is 0 Å². The summed E-state index contributed by atoms with van der Waals surface area (Å²) in [6, 6.07) is 5.58. The molecule has 5 nitrogen and oxygen atoms in total. The molecule has 0 unspecified atom stereocenters. The molecule has 0 radical (unpaired) electrons. The second-order valence-electron chi connectivity index (χ2n) is 5.48. The maximum atomic E-state index is 8.97. The first-order valence-electron chi connectivity index (χ1n) is 6.35. The number of methoxy groups -OCH3 is 1. The van der Waals surface area contributed by atoms with Crippen molar-refractivity contribution < 1.29 is 19.0 Å². The highest BCUT2D eigenvalue weighted by Crippen LogP contribution is 2.36. The van der Waals surface area contributed by atoms with Crippen molar-refractivity contribution in [1.82, 2.24) is 4.98 Å². The van der Waals surface area contributed by atoms with Crippen molar-refractivity contribution in [2.45, 2.75) is 32.8 Å². The minimum atomic E-state index is -0.179. The van der Waals surface area contributed by atoms with Crippen molar-refractivity contribution in [2.24, 2.45) is 0 Å². The Morgan fingerprint density at radius 3 is 2.60 bits per heavy atom. The Balaban J connectivity index is 2.35. The van der Waals surface area contributed by atoms with Crippen LogP contribution >= 0.6 is 0 Å². The monoisotopic (exact) mass is 277 g/mol. The largest absolute Gasteiger partial charge is 0.497 e. The summed E-state index contributed by atoms with van der Waals surface area (Å²) in [5, 5.41) is 8.97. The van der Waals surface area contributed by atoms with Crippen LogP contribution in [0.1, 0.15) is 32.0 Å². The smallest absolute Gasteiger partial charge is 0.399 e. The second-order valence-corrected chi connectivity index (χ2v) is 5.48. The van der Waals surface area contributed by atoms with Crippen LogP contribution in [0.2, 0.25) is 0 Å². The summed E-state index contributed by atoms with van der Waals surface area (Å²) in [6.45, 7) is 6.08. The lowest BCUT2D eigenvalue weighted by Gasteiger charge is -2.22. The van der Waals surface area contributed by atoms with Gasteiger partial charge in [0.25, 0.3) is 0 Å². The zero-order valence-electron chi connectivity index (χ0n) is 12.1. The molecule has 0 amide bonds. The van der Waals surface area contributed by atoms with Crippen LogP contribution in [0.4, 0.5) is 0 Å². The first-order valence-corrected chi connectivity index (χ1v) is 6.35. The first kappa shape index (κ1) is 14.4. The Morgan fingerprint density at radius 2 is 2.05 bits per heavy atom. The topological polar surface area (TPSA) is 64.7 Å². The fourth-order valence-electron chi connectivity index (χ4n) is 1.81. The summed E-state index contributed by atoms with van der Waals surface area (Å²) in [7, 11) is 1.63. The molecule has 1 heterocycles. The van der Waals surface area contributed by atoms with Gasteiger partial charge < -0.3 is 19.0 Å². The molecule has 0 aliphatic carbocycles. The molecular formula is C15H19NO4. The zero-order valence-corrected chi connectivity index (χ0v) is 12.1. The molecule has 0 fully saturated rings. The highest BCUT2D eigenvalue weighted by atomic mass is 16.6. The van der Waals surface area contributed by atoms with Gasteiger partial charge in [-0.25, -0.2) is 0 Å². The number of ether oxygens (including phenoxy) is 2. The van der Waals surface area contributed by atoms with Gasteiger partial charge in [0.2, 0.25) is 0 Å². The van der Waals surface area contributed by atoms with Crippen molar-refractivity contribution in [3.8, 4) is 17.6 Å². The average molecular weight is 277 g/mol. The number of hydrogen-bond acceptors (Lipinski definition) is 5. The molecule has 108 valence electrons. The normalized spacial score (nSPS) is 11.4. The summed E-state index contributed by atoms with van der Waals surface area (Å²) in [6.07, 6.45) is 1.49. The van der Waals surface area contributed by atoms with Gasteiger partial charge in [-0.2, -0.15) is 4.98 Å². The molecule has 0 saturated carbocycles. The lowest BCUT2D eigenvalue weighted by atomic mass is 9.86. The van der Waals surface area contributed by atoms with Gasteiger partial charge in [0.1, 0.15) is 23.5 Å². The summed E-state index contributed by atoms with van der Waals surface area (Å²) in [5.41, 5.74) is 1.31. The van der Waals surface area contributed by atoms with Gasteiger partial charge in [-0.1, -0.05) is 20.8 Å². The van der Waals surface area contributed by atoms with Gasteiger partial charge in [-0.15, -0.1) is 0 Å². The quantitative estimate of drug-likeness (QED) is 0.929. The molecule has 2 rings (SSSR count). The molecule has 0 atom stereocenters. The van der Waals surface area contributed by atoms with Gasteiger partial charge >= 0.3 is 6.08 Å². The molecule has 0 aliphatic heterocycles. The molecule has 1 N–H and O–H groups in total. The van der Waals surface area contributed by atoms with Crippen LogP contribution < -0.4 is 9.47 Å². The van der Waals surface area contributed by atoms with Crippen molar-refractivity contribution in [1.29, 1.82) is 0 Å². The molecule has 5 heteroatoms. The van der Waals surface area contributed by atoms with Crippen LogP contribution in [-0.4, -0.2) is 17.2 Å². The number of aliphatic hydroxyl groups excluding tert-OH is 1. The number of oxazole rings is 1. The van der Waals surface area contributed by atoms with E-state index >= 15 is 0 Å². The third kappa shape index (κ3) is 3.11. The van der Waals surface area contributed by atoms with E-state index in [4.69, 9.17) is 19.0 Å². The number of aromatic nitrogens is 1. The van der Waals surface area contributed by atoms with Crippen LogP contribution in [-0.2, 0) is 12.0 Å². The minimum Gasteiger partial charge on any atom is -0.497 e. The van der Waals surface area contributed by atoms with Crippen molar-refractivity contribution in [3.05, 3.63) is 35.7 Å². The molecule has 20 heavy (non-hydrogen) atoms. The van der Waals surface area contributed by atoms with Gasteiger partial charge in [0, 0.05) is 5.56 Å². The lowest BCUT2D eigenvalue weighted by molar-refractivity contribution is 0.276. The van der Waals surface area contributed by atoms with Crippen LogP contribution in [0.15, 0.2) is 28.9 Å². The minimum absolute atomic E-state index is 0.115. The Labute approximate surface area is 118 Å². The van der Waals surface area contributed by atoms with E-state index in [2.05, 4.69) is 25.8 Å². The summed E-state index contributed by atoms with van der Waals surface area (Å²) in [4.78, 5) is 4.02. The second kappa shape index (κ2) is 5.54. The van der Waals surface area contributed by atoms with Crippen molar-refractivity contribution in [2.75, 3.05) is 7.11 Å². The van der Waals surface area contributed by atoms with E-state index in [0.29, 0.717) is 11.4 Å². The van der Waals surface area contributed by atoms with E-state index < -0.39 is 0 Å². The van der Waals surface area contributed by atoms with Crippen molar-refractivity contribution >= 4 is 0 Å². The van der Waals surface area contributed by atoms with Crippen LogP contribution in [0, 0.1) is 0 Å². The van der Waals surface area contributed by atoms with Gasteiger partial charge in [0.15, 0.2) is 0 Å². The summed E-state index contributed by atoms with van der Waals surface area (Å²) < 4.78 is 16.1. The Hall–Kier alpha value is -2.01. The highest BCUT2D eigenvalue weighted by molar-refractivity contribution is 5.45. The number of nitrogens with zero attached hydrogens (tertiary/aromatic N) is 1. The molecule has 0 bridgehead atoms. The van der Waals surface area contributed by atoms with Crippen LogP contribution in [0.3, 0.4) is 0 Å². The molecule has 1 aromatic carbocycles. The predicted molar refractivity (Wildman–Crippen MR) is 74.2 cm³/mol. The summed E-state index contributed by atoms with van der Waals surface area (Å²) >= 11 is 0. The third-order valence-corrected chi connectivity index (χ3v) is 2.88. The van der Waals surface area contributed by atoms with Crippen molar-refractivity contribution in [3.63, 3.8) is 0 Å². The highest BCUT2D eigenvalue weighted by Gasteiger charge is 2.21. The van der Waals surface area contributed by atoms with E-state index in [1.54, 1.807) is 7.11 Å². The molecular weight excluding hydrogens is 258 g/mol. The lowest BCUT2D eigenvalue weighted by Crippen LogP contribution is -2.12. The molecule has 2 aromatic rings. The van der Waals surface area contributed by atoms with E-state index in [-0.39, 0.29) is 18.1 Å². The average Bonchev–Trinajstić information content (AvgIpc) is 2.85. The standard InChI is InChI=1S/C15H19NO4/c1-15(2,3)12-7-11(18-4)5-6-13(12)20-14-16-10(8-17)9-19-14/h5-7,9,17H,8H2,1-4H3. The van der Waals surface area contributed by atoms with E-state index in [0.717, 1.165) is 11.3 Å². The predicted octanol–water partition coefficient (Wildman–Crippen LogP) is 3.27. The fourth-order valence-corrected chi connectivity index (χ4v) is 1.81. The van der Waals surface area contributed by atoms with E-state index in [1.807, 2.05) is 18.2 Å². The number of aliphatic hydroxyl groups is 1. The number of hydrogen-bond donors (Lipinski definition) is 1. The summed E-state index contributed by atoms with van der Waals surface area (Å²) in [5.74, 6) is 1.43. The Bertz CT molecular complexity index is 584. The number of rotatable bonds is 4. The maximum absolute atomic E-state index is 8.97. The van der Waals surface area contributed by atoms with Gasteiger partial charge in [-0.05, 0) is 23.6 Å². The third-order valence-electron chi connectivity index (χ3n) is 2.88. The van der Waals surface area contributed by atoms with Crippen LogP contribution in [0.25, 0.3) is 0 Å². The van der Waals surface area contributed by atoms with E-state index in [1.165, 1.54) is 6.26 Å². The van der Waals surface area contributed by atoms with E-state index in [9.17, 15) is 0 Å². The van der Waals surface area contributed by atoms with Gasteiger partial charge in [0.05, 0.1) is 13.7 Å². The SMILES string of the molecule is COc1ccc(Oc2nc(CO)co2)c(C(C)(C)C)c1. The number of benzene rings is 1. The first-order chi connectivity index (χ1) is 9.44. The molecule has 0 spiro atoms. The van der Waals surface area contributed by atoms with Crippen LogP contribution in [0.5, 0.6) is 17.6 Å². The fraction of sp³-hybridized carbons (Fsp3) is 0.400. The molecule has 1 aromatic heterocycles. The maximum Gasteiger partial charge on any atom is 0.399 e. The zero-order chi connectivity index (χ0) is 14.8. The molecule has 0 aliphatic rings.